The monoisotopic (exact) mass is 333 g/mol. The molecule has 20 heavy (non-hydrogen) atoms. The molecule has 0 saturated carbocycles. The smallest absolute Gasteiger partial charge is 0.227 e. The molecule has 3 nitrogen and oxygen atoms in total. The molecule has 0 heterocycles. The van der Waals surface area contributed by atoms with Crippen LogP contribution in [0.15, 0.2) is 53.0 Å². The SMILES string of the molecule is CN(Cc1ccccc1Br)C(=O)Cc1cccc(O)c1. The van der Waals surface area contributed by atoms with E-state index in [1.165, 1.54) is 0 Å². The zero-order valence-electron chi connectivity index (χ0n) is 11.2. The molecule has 2 aromatic carbocycles. The van der Waals surface area contributed by atoms with Crippen molar-refractivity contribution in [3.8, 4) is 5.75 Å². The first-order valence-corrected chi connectivity index (χ1v) is 7.11. The molecular weight excluding hydrogens is 318 g/mol. The molecule has 104 valence electrons. The van der Waals surface area contributed by atoms with Gasteiger partial charge in [-0.2, -0.15) is 0 Å². The Hall–Kier alpha value is -1.81. The standard InChI is InChI=1S/C16H16BrNO2/c1-18(11-13-6-2-3-8-15(13)17)16(20)10-12-5-4-7-14(19)9-12/h2-9,19H,10-11H2,1H3. The van der Waals surface area contributed by atoms with Gasteiger partial charge in [-0.1, -0.05) is 46.3 Å². The lowest BCUT2D eigenvalue weighted by Gasteiger charge is -2.18. The minimum Gasteiger partial charge on any atom is -0.508 e. The zero-order chi connectivity index (χ0) is 14.5. The third kappa shape index (κ3) is 3.84. The van der Waals surface area contributed by atoms with Crippen molar-refractivity contribution in [1.29, 1.82) is 0 Å². The Morgan fingerprint density at radius 3 is 2.65 bits per heavy atom. The summed E-state index contributed by atoms with van der Waals surface area (Å²) < 4.78 is 0.997. The molecule has 0 aliphatic carbocycles. The number of benzene rings is 2. The number of phenols is 1. The Kier molecular flexibility index (Phi) is 4.79. The first-order valence-electron chi connectivity index (χ1n) is 6.31. The predicted octanol–water partition coefficient (Wildman–Crippen LogP) is 3.36. The van der Waals surface area contributed by atoms with E-state index in [1.807, 2.05) is 30.3 Å². The Balaban J connectivity index is 2.01. The average Bonchev–Trinajstić information content (AvgIpc) is 2.41. The highest BCUT2D eigenvalue weighted by molar-refractivity contribution is 9.10. The van der Waals surface area contributed by atoms with Crippen LogP contribution < -0.4 is 0 Å². The predicted molar refractivity (Wildman–Crippen MR) is 82.4 cm³/mol. The van der Waals surface area contributed by atoms with Crippen molar-refractivity contribution >= 4 is 21.8 Å². The molecule has 0 radical (unpaired) electrons. The van der Waals surface area contributed by atoms with E-state index in [4.69, 9.17) is 0 Å². The van der Waals surface area contributed by atoms with Crippen molar-refractivity contribution in [3.63, 3.8) is 0 Å². The molecule has 1 N–H and O–H groups in total. The summed E-state index contributed by atoms with van der Waals surface area (Å²) in [5.41, 5.74) is 1.88. The summed E-state index contributed by atoms with van der Waals surface area (Å²) in [4.78, 5) is 13.9. The van der Waals surface area contributed by atoms with Crippen LogP contribution >= 0.6 is 15.9 Å². The number of aromatic hydroxyl groups is 1. The fourth-order valence-corrected chi connectivity index (χ4v) is 2.36. The highest BCUT2D eigenvalue weighted by Gasteiger charge is 2.11. The van der Waals surface area contributed by atoms with Crippen LogP contribution in [-0.4, -0.2) is 23.0 Å². The summed E-state index contributed by atoms with van der Waals surface area (Å²) in [7, 11) is 1.78. The Bertz CT molecular complexity index is 613. The highest BCUT2D eigenvalue weighted by Crippen LogP contribution is 2.18. The molecule has 0 bridgehead atoms. The van der Waals surface area contributed by atoms with Gasteiger partial charge in [0.25, 0.3) is 0 Å². The van der Waals surface area contributed by atoms with E-state index in [-0.39, 0.29) is 18.1 Å². The van der Waals surface area contributed by atoms with Crippen LogP contribution in [0.3, 0.4) is 0 Å². The number of hydrogen-bond acceptors (Lipinski definition) is 2. The molecule has 4 heteroatoms. The van der Waals surface area contributed by atoms with Crippen LogP contribution in [0.4, 0.5) is 0 Å². The van der Waals surface area contributed by atoms with Gasteiger partial charge in [-0.15, -0.1) is 0 Å². The summed E-state index contributed by atoms with van der Waals surface area (Å²) in [5, 5.41) is 9.41. The van der Waals surface area contributed by atoms with Crippen LogP contribution in [-0.2, 0) is 17.8 Å². The van der Waals surface area contributed by atoms with Crippen LogP contribution in [0.25, 0.3) is 0 Å². The number of rotatable bonds is 4. The quantitative estimate of drug-likeness (QED) is 0.931. The van der Waals surface area contributed by atoms with E-state index in [2.05, 4.69) is 15.9 Å². The first kappa shape index (κ1) is 14.6. The molecule has 0 aliphatic rings. The van der Waals surface area contributed by atoms with Crippen molar-refractivity contribution in [2.24, 2.45) is 0 Å². The number of hydrogen-bond donors (Lipinski definition) is 1. The first-order chi connectivity index (χ1) is 9.56. The fourth-order valence-electron chi connectivity index (χ4n) is 1.95. The third-order valence-corrected chi connectivity index (χ3v) is 3.83. The van der Waals surface area contributed by atoms with Gasteiger partial charge in [-0.05, 0) is 29.3 Å². The van der Waals surface area contributed by atoms with Gasteiger partial charge in [0.05, 0.1) is 6.42 Å². The zero-order valence-corrected chi connectivity index (χ0v) is 12.8. The number of nitrogens with zero attached hydrogens (tertiary/aromatic N) is 1. The van der Waals surface area contributed by atoms with Crippen LogP contribution in [0.5, 0.6) is 5.75 Å². The number of carbonyl (C=O) groups is 1. The fraction of sp³-hybridized carbons (Fsp3) is 0.188. The number of likely N-dealkylation sites (N-methyl/N-ethyl adjacent to an activating group) is 1. The number of halogens is 1. The minimum absolute atomic E-state index is 0.0198. The summed E-state index contributed by atoms with van der Waals surface area (Å²) in [5.74, 6) is 0.204. The Morgan fingerprint density at radius 2 is 1.95 bits per heavy atom. The summed E-state index contributed by atoms with van der Waals surface area (Å²) in [6.07, 6.45) is 0.287. The number of phenolic OH excluding ortho intramolecular Hbond substituents is 1. The van der Waals surface area contributed by atoms with E-state index in [9.17, 15) is 9.90 Å². The molecule has 0 aromatic heterocycles. The van der Waals surface area contributed by atoms with Gasteiger partial charge in [0, 0.05) is 18.1 Å². The largest absolute Gasteiger partial charge is 0.508 e. The van der Waals surface area contributed by atoms with Gasteiger partial charge in [-0.3, -0.25) is 4.79 Å². The van der Waals surface area contributed by atoms with Crippen LogP contribution in [0, 0.1) is 0 Å². The van der Waals surface area contributed by atoms with Crippen molar-refractivity contribution in [2.45, 2.75) is 13.0 Å². The molecule has 0 spiro atoms. The molecule has 0 unspecified atom stereocenters. The molecule has 0 saturated heterocycles. The molecule has 0 atom stereocenters. The minimum atomic E-state index is 0.0198. The van der Waals surface area contributed by atoms with Crippen LogP contribution in [0.2, 0.25) is 0 Å². The second-order valence-electron chi connectivity index (χ2n) is 4.69. The van der Waals surface area contributed by atoms with E-state index in [0.717, 1.165) is 15.6 Å². The van der Waals surface area contributed by atoms with E-state index in [1.54, 1.807) is 30.1 Å². The summed E-state index contributed by atoms with van der Waals surface area (Å²) in [6.45, 7) is 0.555. The number of amides is 1. The lowest BCUT2D eigenvalue weighted by Crippen LogP contribution is -2.27. The van der Waals surface area contributed by atoms with Gasteiger partial charge in [0.1, 0.15) is 5.75 Å². The van der Waals surface area contributed by atoms with Gasteiger partial charge in [0.15, 0.2) is 0 Å². The third-order valence-electron chi connectivity index (χ3n) is 3.06. The lowest BCUT2D eigenvalue weighted by atomic mass is 10.1. The highest BCUT2D eigenvalue weighted by atomic mass is 79.9. The second-order valence-corrected chi connectivity index (χ2v) is 5.54. The Morgan fingerprint density at radius 1 is 1.20 bits per heavy atom. The lowest BCUT2D eigenvalue weighted by molar-refractivity contribution is -0.129. The van der Waals surface area contributed by atoms with Gasteiger partial charge in [0.2, 0.25) is 5.91 Å². The summed E-state index contributed by atoms with van der Waals surface area (Å²) in [6, 6.07) is 14.6. The topological polar surface area (TPSA) is 40.5 Å². The van der Waals surface area contributed by atoms with Crippen molar-refractivity contribution < 1.29 is 9.90 Å². The maximum absolute atomic E-state index is 12.2. The van der Waals surface area contributed by atoms with Crippen molar-refractivity contribution in [2.75, 3.05) is 7.05 Å². The number of carbonyl (C=O) groups excluding carboxylic acids is 1. The molecular formula is C16H16BrNO2. The molecule has 0 aliphatic heterocycles. The summed E-state index contributed by atoms with van der Waals surface area (Å²) >= 11 is 3.48. The molecule has 0 fully saturated rings. The molecule has 1 amide bonds. The normalized spacial score (nSPS) is 10.3. The Labute approximate surface area is 127 Å². The van der Waals surface area contributed by atoms with Gasteiger partial charge >= 0.3 is 0 Å². The molecule has 2 rings (SSSR count). The average molecular weight is 334 g/mol. The van der Waals surface area contributed by atoms with Crippen LogP contribution in [0.1, 0.15) is 11.1 Å². The van der Waals surface area contributed by atoms with Crippen molar-refractivity contribution in [1.82, 2.24) is 4.90 Å². The maximum Gasteiger partial charge on any atom is 0.227 e. The van der Waals surface area contributed by atoms with Gasteiger partial charge in [-0.25, -0.2) is 0 Å². The maximum atomic E-state index is 12.2. The second kappa shape index (κ2) is 6.57. The van der Waals surface area contributed by atoms with E-state index >= 15 is 0 Å². The van der Waals surface area contributed by atoms with Crippen molar-refractivity contribution in [3.05, 3.63) is 64.1 Å². The molecule has 2 aromatic rings. The van der Waals surface area contributed by atoms with E-state index < -0.39 is 0 Å². The van der Waals surface area contributed by atoms with Gasteiger partial charge < -0.3 is 10.0 Å². The van der Waals surface area contributed by atoms with E-state index in [0.29, 0.717) is 6.54 Å².